The molecule has 3 rings (SSSR count). The highest BCUT2D eigenvalue weighted by Gasteiger charge is 2.32. The number of esters is 1. The summed E-state index contributed by atoms with van der Waals surface area (Å²) in [5.41, 5.74) is 0.827. The summed E-state index contributed by atoms with van der Waals surface area (Å²) in [4.78, 5) is 31.2. The lowest BCUT2D eigenvalue weighted by atomic mass is 9.99. The van der Waals surface area contributed by atoms with Crippen LogP contribution in [0.15, 0.2) is 28.1 Å². The Hall–Kier alpha value is -2.48. The number of likely N-dealkylation sites (tertiary alicyclic amines) is 1. The van der Waals surface area contributed by atoms with Gasteiger partial charge in [0.05, 0.1) is 31.6 Å². The van der Waals surface area contributed by atoms with Gasteiger partial charge >= 0.3 is 5.97 Å². The first-order chi connectivity index (χ1) is 13.5. The fourth-order valence-electron chi connectivity index (χ4n) is 3.23. The third-order valence-corrected chi connectivity index (χ3v) is 5.67. The Kier molecular flexibility index (Phi) is 6.61. The molecule has 1 aromatic rings. The smallest absolute Gasteiger partial charge is 0.310 e. The number of methoxy groups -OCH3 is 2. The molecule has 0 saturated carbocycles. The minimum atomic E-state index is -0.270. The zero-order valence-corrected chi connectivity index (χ0v) is 17.1. The van der Waals surface area contributed by atoms with E-state index in [1.807, 2.05) is 17.0 Å². The predicted octanol–water partition coefficient (Wildman–Crippen LogP) is 2.95. The standard InChI is InChI=1S/C20H24N2O5S/c1-4-27-19(24)14-6-5-9-22(12-14)20-21-18(23)17(28-20)11-13-7-8-15(25-2)16(10-13)26-3/h7-8,10-11,14H,4-6,9,12H2,1-3H3/b17-11-/t14-/m1/s1. The van der Waals surface area contributed by atoms with E-state index in [9.17, 15) is 9.59 Å². The molecule has 7 nitrogen and oxygen atoms in total. The number of piperidine rings is 1. The predicted molar refractivity (Wildman–Crippen MR) is 108 cm³/mol. The highest BCUT2D eigenvalue weighted by molar-refractivity contribution is 8.18. The van der Waals surface area contributed by atoms with Gasteiger partial charge in [-0.2, -0.15) is 4.99 Å². The van der Waals surface area contributed by atoms with Gasteiger partial charge in [0.2, 0.25) is 0 Å². The van der Waals surface area contributed by atoms with Crippen LogP contribution in [0.2, 0.25) is 0 Å². The van der Waals surface area contributed by atoms with Crippen LogP contribution in [-0.4, -0.2) is 55.9 Å². The molecule has 0 aromatic heterocycles. The third-order valence-electron chi connectivity index (χ3n) is 4.63. The van der Waals surface area contributed by atoms with Gasteiger partial charge in [-0.15, -0.1) is 0 Å². The van der Waals surface area contributed by atoms with Crippen LogP contribution in [0.3, 0.4) is 0 Å². The molecule has 150 valence electrons. The highest BCUT2D eigenvalue weighted by Crippen LogP contribution is 2.34. The fraction of sp³-hybridized carbons (Fsp3) is 0.450. The van der Waals surface area contributed by atoms with Crippen molar-refractivity contribution in [3.63, 3.8) is 0 Å². The summed E-state index contributed by atoms with van der Waals surface area (Å²) in [7, 11) is 3.15. The number of thioether (sulfide) groups is 1. The lowest BCUT2D eigenvalue weighted by Crippen LogP contribution is -2.41. The molecule has 0 N–H and O–H groups in total. The molecule has 0 unspecified atom stereocenters. The number of rotatable bonds is 5. The number of carbonyl (C=O) groups is 2. The van der Waals surface area contributed by atoms with Gasteiger partial charge in [0.1, 0.15) is 0 Å². The Labute approximate surface area is 168 Å². The molecule has 1 saturated heterocycles. The maximum atomic E-state index is 12.4. The van der Waals surface area contributed by atoms with Crippen molar-refractivity contribution >= 4 is 34.9 Å². The highest BCUT2D eigenvalue weighted by atomic mass is 32.2. The van der Waals surface area contributed by atoms with Crippen molar-refractivity contribution in [2.45, 2.75) is 19.8 Å². The number of ether oxygens (including phenoxy) is 3. The van der Waals surface area contributed by atoms with E-state index in [-0.39, 0.29) is 17.8 Å². The summed E-state index contributed by atoms with van der Waals surface area (Å²) < 4.78 is 15.7. The van der Waals surface area contributed by atoms with Crippen LogP contribution in [0, 0.1) is 5.92 Å². The molecule has 0 bridgehead atoms. The fourth-order valence-corrected chi connectivity index (χ4v) is 4.18. The summed E-state index contributed by atoms with van der Waals surface area (Å²) in [5.74, 6) is 0.606. The molecule has 8 heteroatoms. The van der Waals surface area contributed by atoms with Crippen molar-refractivity contribution in [2.75, 3.05) is 33.9 Å². The first-order valence-electron chi connectivity index (χ1n) is 9.21. The molecule has 1 fully saturated rings. The summed E-state index contributed by atoms with van der Waals surface area (Å²) in [6.07, 6.45) is 3.46. The maximum absolute atomic E-state index is 12.4. The second-order valence-electron chi connectivity index (χ2n) is 6.46. The molecule has 0 aliphatic carbocycles. The average molecular weight is 404 g/mol. The number of hydrogen-bond acceptors (Lipinski definition) is 7. The van der Waals surface area contributed by atoms with Gasteiger partial charge in [-0.25, -0.2) is 0 Å². The summed E-state index contributed by atoms with van der Waals surface area (Å²) in [5, 5.41) is 0.644. The number of amides is 1. The van der Waals surface area contributed by atoms with Gasteiger partial charge in [-0.05, 0) is 55.3 Å². The van der Waals surface area contributed by atoms with Gasteiger partial charge in [-0.1, -0.05) is 6.07 Å². The number of aliphatic imine (C=N–C) groups is 1. The Balaban J connectivity index is 1.71. The van der Waals surface area contributed by atoms with Crippen molar-refractivity contribution in [1.29, 1.82) is 0 Å². The van der Waals surface area contributed by atoms with Crippen molar-refractivity contribution in [3.8, 4) is 11.5 Å². The zero-order chi connectivity index (χ0) is 20.1. The quantitative estimate of drug-likeness (QED) is 0.551. The van der Waals surface area contributed by atoms with E-state index in [2.05, 4.69) is 4.99 Å². The Bertz CT molecular complexity index is 821. The van der Waals surface area contributed by atoms with Crippen molar-refractivity contribution < 1.29 is 23.8 Å². The van der Waals surface area contributed by atoms with Crippen LogP contribution in [0.5, 0.6) is 11.5 Å². The van der Waals surface area contributed by atoms with Gasteiger partial charge in [-0.3, -0.25) is 9.59 Å². The Morgan fingerprint density at radius 3 is 2.82 bits per heavy atom. The third kappa shape index (κ3) is 4.49. The molecular weight excluding hydrogens is 380 g/mol. The first kappa shape index (κ1) is 20.3. The van der Waals surface area contributed by atoms with Crippen molar-refractivity contribution in [2.24, 2.45) is 10.9 Å². The van der Waals surface area contributed by atoms with Crippen molar-refractivity contribution in [1.82, 2.24) is 4.90 Å². The molecule has 1 amide bonds. The Morgan fingerprint density at radius 2 is 2.11 bits per heavy atom. The number of carbonyl (C=O) groups excluding carboxylic acids is 2. The maximum Gasteiger partial charge on any atom is 0.310 e. The molecule has 1 atom stereocenters. The first-order valence-corrected chi connectivity index (χ1v) is 10.0. The van der Waals surface area contributed by atoms with Crippen LogP contribution in [0.4, 0.5) is 0 Å². The zero-order valence-electron chi connectivity index (χ0n) is 16.3. The number of benzene rings is 1. The number of hydrogen-bond donors (Lipinski definition) is 0. The minimum Gasteiger partial charge on any atom is -0.493 e. The van der Waals surface area contributed by atoms with E-state index in [1.165, 1.54) is 11.8 Å². The Morgan fingerprint density at radius 1 is 1.32 bits per heavy atom. The van der Waals surface area contributed by atoms with E-state index >= 15 is 0 Å². The topological polar surface area (TPSA) is 77.4 Å². The normalized spacial score (nSPS) is 20.9. The lowest BCUT2D eigenvalue weighted by molar-refractivity contribution is -0.149. The van der Waals surface area contributed by atoms with Crippen LogP contribution in [0.25, 0.3) is 6.08 Å². The van der Waals surface area contributed by atoms with Gasteiger partial charge in [0, 0.05) is 13.1 Å². The van der Waals surface area contributed by atoms with Crippen LogP contribution in [0.1, 0.15) is 25.3 Å². The van der Waals surface area contributed by atoms with Crippen LogP contribution in [-0.2, 0) is 14.3 Å². The van der Waals surface area contributed by atoms with Gasteiger partial charge in [0.15, 0.2) is 16.7 Å². The van der Waals surface area contributed by atoms with Crippen molar-refractivity contribution in [3.05, 3.63) is 28.7 Å². The van der Waals surface area contributed by atoms with Gasteiger partial charge < -0.3 is 19.1 Å². The second-order valence-corrected chi connectivity index (χ2v) is 7.47. The molecular formula is C20H24N2O5S. The molecule has 1 aromatic carbocycles. The van der Waals surface area contributed by atoms with Crippen LogP contribution < -0.4 is 9.47 Å². The largest absolute Gasteiger partial charge is 0.493 e. The molecule has 28 heavy (non-hydrogen) atoms. The molecule has 2 aliphatic heterocycles. The number of nitrogens with zero attached hydrogens (tertiary/aromatic N) is 2. The van der Waals surface area contributed by atoms with Gasteiger partial charge in [0.25, 0.3) is 5.91 Å². The SMILES string of the molecule is CCOC(=O)[C@@H]1CCCN(C2=NC(=O)/C(=C/c3ccc(OC)c(OC)c3)S2)C1. The molecule has 2 aliphatic rings. The average Bonchev–Trinajstić information content (AvgIpc) is 3.08. The van der Waals surface area contributed by atoms with E-state index in [4.69, 9.17) is 14.2 Å². The summed E-state index contributed by atoms with van der Waals surface area (Å²) in [6.45, 7) is 3.49. The van der Waals surface area contributed by atoms with E-state index < -0.39 is 0 Å². The monoisotopic (exact) mass is 404 g/mol. The minimum absolute atomic E-state index is 0.175. The summed E-state index contributed by atoms with van der Waals surface area (Å²) in [6, 6.07) is 5.47. The molecule has 2 heterocycles. The molecule has 0 spiro atoms. The second kappa shape index (κ2) is 9.14. The van der Waals surface area contributed by atoms with E-state index in [0.29, 0.717) is 34.7 Å². The molecule has 0 radical (unpaired) electrons. The van der Waals surface area contributed by atoms with Crippen LogP contribution >= 0.6 is 11.8 Å². The van der Waals surface area contributed by atoms with E-state index in [0.717, 1.165) is 24.9 Å². The van der Waals surface area contributed by atoms with E-state index in [1.54, 1.807) is 33.3 Å². The number of amidine groups is 1. The lowest BCUT2D eigenvalue weighted by Gasteiger charge is -2.32. The summed E-state index contributed by atoms with van der Waals surface area (Å²) >= 11 is 1.33.